The molecule has 0 aromatic carbocycles. The van der Waals surface area contributed by atoms with E-state index in [9.17, 15) is 9.90 Å². The molecular formula is C12H18N4O2. The molecule has 2 rings (SSSR count). The molecule has 18 heavy (non-hydrogen) atoms. The highest BCUT2D eigenvalue weighted by molar-refractivity contribution is 5.96. The van der Waals surface area contributed by atoms with E-state index < -0.39 is 0 Å². The number of aromatic nitrogens is 1. The first-order valence-electron chi connectivity index (χ1n) is 6.07. The Bertz CT molecular complexity index is 416. The van der Waals surface area contributed by atoms with Gasteiger partial charge in [-0.25, -0.2) is 0 Å². The summed E-state index contributed by atoms with van der Waals surface area (Å²) >= 11 is 0. The maximum atomic E-state index is 12.2. The van der Waals surface area contributed by atoms with Crippen LogP contribution in [0.5, 0.6) is 5.75 Å². The average Bonchev–Trinajstić information content (AvgIpc) is 2.40. The Labute approximate surface area is 106 Å². The van der Waals surface area contributed by atoms with Gasteiger partial charge in [0.2, 0.25) is 0 Å². The molecular weight excluding hydrogens is 232 g/mol. The van der Waals surface area contributed by atoms with Gasteiger partial charge < -0.3 is 15.7 Å². The van der Waals surface area contributed by atoms with Crippen molar-refractivity contribution in [3.63, 3.8) is 0 Å². The minimum atomic E-state index is -0.137. The molecule has 1 aromatic rings. The Morgan fingerprint density at radius 2 is 2.11 bits per heavy atom. The number of rotatable bonds is 3. The van der Waals surface area contributed by atoms with Gasteiger partial charge in [-0.15, -0.1) is 0 Å². The highest BCUT2D eigenvalue weighted by Crippen LogP contribution is 2.17. The number of piperazine rings is 1. The summed E-state index contributed by atoms with van der Waals surface area (Å²) < 4.78 is 0. The molecule has 2 heterocycles. The normalized spacial score (nSPS) is 16.8. The molecule has 0 bridgehead atoms. The molecule has 0 atom stereocenters. The lowest BCUT2D eigenvalue weighted by Gasteiger charge is -2.34. The third-order valence-corrected chi connectivity index (χ3v) is 3.14. The lowest BCUT2D eigenvalue weighted by Crippen LogP contribution is -2.49. The van der Waals surface area contributed by atoms with E-state index in [-0.39, 0.29) is 11.7 Å². The summed E-state index contributed by atoms with van der Waals surface area (Å²) in [6, 6.07) is 1.55. The molecule has 0 aliphatic carbocycles. The van der Waals surface area contributed by atoms with Crippen LogP contribution in [0.2, 0.25) is 0 Å². The largest absolute Gasteiger partial charge is 0.505 e. The van der Waals surface area contributed by atoms with Crippen LogP contribution in [0, 0.1) is 0 Å². The minimum Gasteiger partial charge on any atom is -0.505 e. The monoisotopic (exact) mass is 250 g/mol. The number of aromatic hydroxyl groups is 1. The van der Waals surface area contributed by atoms with Gasteiger partial charge in [-0.1, -0.05) is 0 Å². The van der Waals surface area contributed by atoms with Gasteiger partial charge >= 0.3 is 0 Å². The Kier molecular flexibility index (Phi) is 4.11. The lowest BCUT2D eigenvalue weighted by molar-refractivity contribution is 0.0638. The van der Waals surface area contributed by atoms with E-state index in [2.05, 4.69) is 9.88 Å². The van der Waals surface area contributed by atoms with E-state index in [1.54, 1.807) is 11.0 Å². The highest BCUT2D eigenvalue weighted by atomic mass is 16.3. The van der Waals surface area contributed by atoms with Gasteiger partial charge in [0.15, 0.2) is 0 Å². The van der Waals surface area contributed by atoms with Crippen molar-refractivity contribution >= 4 is 5.91 Å². The molecule has 0 spiro atoms. The molecule has 1 aromatic heterocycles. The Balaban J connectivity index is 1.98. The molecule has 0 saturated carbocycles. The second-order valence-electron chi connectivity index (χ2n) is 4.32. The standard InChI is InChI=1S/C12H18N4O2/c13-2-4-15-5-7-16(8-6-15)12(18)10-1-3-14-9-11(10)17/h1,3,9,17H,2,4-8,13H2. The maximum Gasteiger partial charge on any atom is 0.257 e. The van der Waals surface area contributed by atoms with Crippen molar-refractivity contribution in [3.8, 4) is 5.75 Å². The number of nitrogens with zero attached hydrogens (tertiary/aromatic N) is 3. The molecule has 6 heteroatoms. The summed E-state index contributed by atoms with van der Waals surface area (Å²) in [5, 5.41) is 9.61. The smallest absolute Gasteiger partial charge is 0.257 e. The van der Waals surface area contributed by atoms with Crippen molar-refractivity contribution in [1.82, 2.24) is 14.8 Å². The molecule has 1 fully saturated rings. The van der Waals surface area contributed by atoms with Crippen LogP contribution in [-0.2, 0) is 0 Å². The fourth-order valence-corrected chi connectivity index (χ4v) is 2.09. The Hall–Kier alpha value is -1.66. The molecule has 3 N–H and O–H groups in total. The van der Waals surface area contributed by atoms with Crippen LogP contribution >= 0.6 is 0 Å². The van der Waals surface area contributed by atoms with E-state index in [4.69, 9.17) is 5.73 Å². The van der Waals surface area contributed by atoms with E-state index >= 15 is 0 Å². The van der Waals surface area contributed by atoms with E-state index in [1.807, 2.05) is 0 Å². The fourth-order valence-electron chi connectivity index (χ4n) is 2.09. The number of amides is 1. The Morgan fingerprint density at radius 3 is 2.72 bits per heavy atom. The molecule has 98 valence electrons. The van der Waals surface area contributed by atoms with Crippen molar-refractivity contribution in [2.75, 3.05) is 39.3 Å². The van der Waals surface area contributed by atoms with Gasteiger partial charge in [0, 0.05) is 45.5 Å². The summed E-state index contributed by atoms with van der Waals surface area (Å²) in [4.78, 5) is 19.9. The van der Waals surface area contributed by atoms with Crippen LogP contribution in [-0.4, -0.2) is 65.1 Å². The summed E-state index contributed by atoms with van der Waals surface area (Å²) in [5.41, 5.74) is 5.82. The fraction of sp³-hybridized carbons (Fsp3) is 0.500. The van der Waals surface area contributed by atoms with E-state index in [0.29, 0.717) is 25.2 Å². The molecule has 0 radical (unpaired) electrons. The number of hydrogen-bond donors (Lipinski definition) is 2. The summed E-state index contributed by atoms with van der Waals surface area (Å²) in [5.74, 6) is -0.200. The van der Waals surface area contributed by atoms with Gasteiger partial charge in [-0.05, 0) is 6.07 Å². The number of pyridine rings is 1. The van der Waals surface area contributed by atoms with Crippen LogP contribution in [0.15, 0.2) is 18.5 Å². The second-order valence-corrected chi connectivity index (χ2v) is 4.32. The van der Waals surface area contributed by atoms with Gasteiger partial charge in [0.05, 0.1) is 11.8 Å². The molecule has 1 amide bonds. The second kappa shape index (κ2) is 5.79. The number of hydrogen-bond acceptors (Lipinski definition) is 5. The average molecular weight is 250 g/mol. The number of carbonyl (C=O) groups excluding carboxylic acids is 1. The van der Waals surface area contributed by atoms with Gasteiger partial charge in [-0.3, -0.25) is 14.7 Å². The third-order valence-electron chi connectivity index (χ3n) is 3.14. The van der Waals surface area contributed by atoms with Crippen molar-refractivity contribution in [3.05, 3.63) is 24.0 Å². The van der Waals surface area contributed by atoms with Crippen LogP contribution in [0.3, 0.4) is 0 Å². The predicted molar refractivity (Wildman–Crippen MR) is 67.3 cm³/mol. The van der Waals surface area contributed by atoms with Crippen LogP contribution < -0.4 is 5.73 Å². The number of nitrogens with two attached hydrogens (primary N) is 1. The topological polar surface area (TPSA) is 82.7 Å². The van der Waals surface area contributed by atoms with Crippen molar-refractivity contribution in [1.29, 1.82) is 0 Å². The third kappa shape index (κ3) is 2.77. The SMILES string of the molecule is NCCN1CCN(C(=O)c2ccncc2O)CC1. The molecule has 1 aliphatic rings. The van der Waals surface area contributed by atoms with Crippen molar-refractivity contribution < 1.29 is 9.90 Å². The number of carbonyl (C=O) groups is 1. The lowest BCUT2D eigenvalue weighted by atomic mass is 10.2. The van der Waals surface area contributed by atoms with Crippen molar-refractivity contribution in [2.45, 2.75) is 0 Å². The van der Waals surface area contributed by atoms with Crippen LogP contribution in [0.1, 0.15) is 10.4 Å². The van der Waals surface area contributed by atoms with Crippen LogP contribution in [0.4, 0.5) is 0 Å². The first-order chi connectivity index (χ1) is 8.72. The maximum absolute atomic E-state index is 12.2. The zero-order valence-electron chi connectivity index (χ0n) is 10.2. The molecule has 1 saturated heterocycles. The van der Waals surface area contributed by atoms with Gasteiger partial charge in [-0.2, -0.15) is 0 Å². The van der Waals surface area contributed by atoms with Crippen LogP contribution in [0.25, 0.3) is 0 Å². The zero-order valence-corrected chi connectivity index (χ0v) is 10.2. The first kappa shape index (κ1) is 12.8. The molecule has 0 unspecified atom stereocenters. The Morgan fingerprint density at radius 1 is 1.39 bits per heavy atom. The zero-order chi connectivity index (χ0) is 13.0. The van der Waals surface area contributed by atoms with Crippen molar-refractivity contribution in [2.24, 2.45) is 5.73 Å². The van der Waals surface area contributed by atoms with E-state index in [1.165, 1.54) is 12.4 Å². The quantitative estimate of drug-likeness (QED) is 0.756. The molecule has 6 nitrogen and oxygen atoms in total. The summed E-state index contributed by atoms with van der Waals surface area (Å²) in [7, 11) is 0. The molecule has 1 aliphatic heterocycles. The van der Waals surface area contributed by atoms with E-state index in [0.717, 1.165) is 19.6 Å². The van der Waals surface area contributed by atoms with Gasteiger partial charge in [0.1, 0.15) is 5.75 Å². The highest BCUT2D eigenvalue weighted by Gasteiger charge is 2.23. The first-order valence-corrected chi connectivity index (χ1v) is 6.07. The minimum absolute atomic E-state index is 0.0631. The summed E-state index contributed by atoms with van der Waals surface area (Å²) in [6.45, 7) is 4.49. The predicted octanol–water partition coefficient (Wildman–Crippen LogP) is -0.496. The van der Waals surface area contributed by atoms with Gasteiger partial charge in [0.25, 0.3) is 5.91 Å². The summed E-state index contributed by atoms with van der Waals surface area (Å²) in [6.07, 6.45) is 2.80.